The molecule has 1 heterocycles. The van der Waals surface area contributed by atoms with Gasteiger partial charge in [-0.1, -0.05) is 17.7 Å². The summed E-state index contributed by atoms with van der Waals surface area (Å²) in [6, 6.07) is 9.38. The van der Waals surface area contributed by atoms with Gasteiger partial charge in [-0.2, -0.15) is 4.39 Å². The molecular formula is C15H15ClFN3O2. The summed E-state index contributed by atoms with van der Waals surface area (Å²) in [4.78, 5) is 15.6. The normalized spacial score (nSPS) is 10.1. The van der Waals surface area contributed by atoms with Gasteiger partial charge in [0.25, 0.3) is 0 Å². The van der Waals surface area contributed by atoms with E-state index in [1.165, 1.54) is 13.2 Å². The zero-order valence-electron chi connectivity index (χ0n) is 11.9. The number of aromatic nitrogens is 1. The molecule has 0 aliphatic heterocycles. The summed E-state index contributed by atoms with van der Waals surface area (Å²) in [6.07, 6.45) is 0.188. The van der Waals surface area contributed by atoms with Gasteiger partial charge in [-0.25, -0.2) is 4.98 Å². The number of nitrogens with zero attached hydrogens (tertiary/aromatic N) is 1. The van der Waals surface area contributed by atoms with E-state index in [1.54, 1.807) is 30.3 Å². The standard InChI is InChI=1S/C15H15ClFN3O2/c1-22-12-6-5-10(16)9-11(12)19-15(21)7-8-18-14-4-2-3-13(17)20-14/h2-6,9H,7-8H2,1H3,(H,18,20)(H,19,21). The highest BCUT2D eigenvalue weighted by Crippen LogP contribution is 2.27. The highest BCUT2D eigenvalue weighted by Gasteiger charge is 2.08. The van der Waals surface area contributed by atoms with Crippen LogP contribution in [0.3, 0.4) is 0 Å². The van der Waals surface area contributed by atoms with Gasteiger partial charge in [0.2, 0.25) is 11.9 Å². The Bertz CT molecular complexity index is 667. The molecule has 1 aromatic heterocycles. The van der Waals surface area contributed by atoms with Crippen molar-refractivity contribution in [1.82, 2.24) is 4.98 Å². The highest BCUT2D eigenvalue weighted by molar-refractivity contribution is 6.31. The van der Waals surface area contributed by atoms with Crippen molar-refractivity contribution in [1.29, 1.82) is 0 Å². The largest absolute Gasteiger partial charge is 0.495 e. The summed E-state index contributed by atoms with van der Waals surface area (Å²) in [6.45, 7) is 0.325. The molecule has 0 aliphatic rings. The lowest BCUT2D eigenvalue weighted by molar-refractivity contribution is -0.115. The number of anilines is 2. The summed E-state index contributed by atoms with van der Waals surface area (Å²) in [7, 11) is 1.51. The van der Waals surface area contributed by atoms with E-state index in [4.69, 9.17) is 16.3 Å². The van der Waals surface area contributed by atoms with E-state index in [-0.39, 0.29) is 12.3 Å². The van der Waals surface area contributed by atoms with Crippen LogP contribution in [0.5, 0.6) is 5.75 Å². The van der Waals surface area contributed by atoms with Gasteiger partial charge in [-0.3, -0.25) is 4.79 Å². The molecule has 1 amide bonds. The van der Waals surface area contributed by atoms with Crippen LogP contribution in [-0.2, 0) is 4.79 Å². The van der Waals surface area contributed by atoms with Gasteiger partial charge in [0.15, 0.2) is 0 Å². The van der Waals surface area contributed by atoms with E-state index < -0.39 is 5.95 Å². The molecule has 0 saturated carbocycles. The van der Waals surface area contributed by atoms with Crippen LogP contribution in [0.25, 0.3) is 0 Å². The molecule has 2 rings (SSSR count). The van der Waals surface area contributed by atoms with Gasteiger partial charge >= 0.3 is 0 Å². The Kier molecular flexibility index (Phi) is 5.55. The number of ether oxygens (including phenoxy) is 1. The summed E-state index contributed by atoms with van der Waals surface area (Å²) < 4.78 is 18.1. The quantitative estimate of drug-likeness (QED) is 0.800. The summed E-state index contributed by atoms with van der Waals surface area (Å²) >= 11 is 5.89. The van der Waals surface area contributed by atoms with Crippen molar-refractivity contribution < 1.29 is 13.9 Å². The van der Waals surface area contributed by atoms with E-state index in [0.29, 0.717) is 28.8 Å². The first-order valence-corrected chi connectivity index (χ1v) is 6.96. The highest BCUT2D eigenvalue weighted by atomic mass is 35.5. The second-order valence-electron chi connectivity index (χ2n) is 4.42. The van der Waals surface area contributed by atoms with Crippen LogP contribution < -0.4 is 15.4 Å². The number of halogens is 2. The topological polar surface area (TPSA) is 63.2 Å². The molecule has 0 atom stereocenters. The molecule has 0 spiro atoms. The van der Waals surface area contributed by atoms with Crippen LogP contribution in [-0.4, -0.2) is 24.5 Å². The molecule has 0 bridgehead atoms. The first-order valence-electron chi connectivity index (χ1n) is 6.58. The van der Waals surface area contributed by atoms with Crippen LogP contribution in [0.2, 0.25) is 5.02 Å². The number of benzene rings is 1. The second-order valence-corrected chi connectivity index (χ2v) is 4.85. The Morgan fingerprint density at radius 3 is 2.91 bits per heavy atom. The molecule has 7 heteroatoms. The van der Waals surface area contributed by atoms with Crippen molar-refractivity contribution in [3.05, 3.63) is 47.4 Å². The Hall–Kier alpha value is -2.34. The zero-order chi connectivity index (χ0) is 15.9. The van der Waals surface area contributed by atoms with Gasteiger partial charge < -0.3 is 15.4 Å². The van der Waals surface area contributed by atoms with Gasteiger partial charge in [0.05, 0.1) is 12.8 Å². The third-order valence-electron chi connectivity index (χ3n) is 2.81. The molecule has 2 N–H and O–H groups in total. The number of hydrogen-bond donors (Lipinski definition) is 2. The number of carbonyl (C=O) groups is 1. The van der Waals surface area contributed by atoms with Crippen molar-refractivity contribution in [2.45, 2.75) is 6.42 Å². The minimum Gasteiger partial charge on any atom is -0.495 e. The number of hydrogen-bond acceptors (Lipinski definition) is 4. The number of methoxy groups -OCH3 is 1. The fraction of sp³-hybridized carbons (Fsp3) is 0.200. The third-order valence-corrected chi connectivity index (χ3v) is 3.04. The maximum absolute atomic E-state index is 12.9. The van der Waals surface area contributed by atoms with Crippen LogP contribution in [0.1, 0.15) is 6.42 Å². The maximum atomic E-state index is 12.9. The molecule has 1 aromatic carbocycles. The molecular weight excluding hydrogens is 309 g/mol. The third kappa shape index (κ3) is 4.60. The number of pyridine rings is 1. The fourth-order valence-electron chi connectivity index (χ4n) is 1.80. The summed E-state index contributed by atoms with van der Waals surface area (Å²) in [5.41, 5.74) is 0.504. The predicted octanol–water partition coefficient (Wildman–Crippen LogP) is 3.32. The minimum absolute atomic E-state index is 0.188. The average Bonchev–Trinajstić information content (AvgIpc) is 2.47. The molecule has 0 saturated heterocycles. The SMILES string of the molecule is COc1ccc(Cl)cc1NC(=O)CCNc1cccc(F)n1. The number of amides is 1. The molecule has 116 valence electrons. The van der Waals surface area contributed by atoms with E-state index in [0.717, 1.165) is 0 Å². The smallest absolute Gasteiger partial charge is 0.226 e. The number of nitrogens with one attached hydrogen (secondary N) is 2. The predicted molar refractivity (Wildman–Crippen MR) is 83.9 cm³/mol. The first kappa shape index (κ1) is 16.0. The molecule has 0 radical (unpaired) electrons. The van der Waals surface area contributed by atoms with Crippen LogP contribution >= 0.6 is 11.6 Å². The molecule has 5 nitrogen and oxygen atoms in total. The second kappa shape index (κ2) is 7.61. The molecule has 0 unspecified atom stereocenters. The van der Waals surface area contributed by atoms with Crippen molar-refractivity contribution in [3.63, 3.8) is 0 Å². The van der Waals surface area contributed by atoms with Crippen molar-refractivity contribution >= 4 is 29.0 Å². The lowest BCUT2D eigenvalue weighted by Gasteiger charge is -2.11. The fourth-order valence-corrected chi connectivity index (χ4v) is 1.97. The number of carbonyl (C=O) groups excluding carboxylic acids is 1. The van der Waals surface area contributed by atoms with E-state index in [2.05, 4.69) is 15.6 Å². The van der Waals surface area contributed by atoms with E-state index in [9.17, 15) is 9.18 Å². The van der Waals surface area contributed by atoms with Crippen LogP contribution in [0.15, 0.2) is 36.4 Å². The zero-order valence-corrected chi connectivity index (χ0v) is 12.7. The minimum atomic E-state index is -0.571. The average molecular weight is 324 g/mol. The van der Waals surface area contributed by atoms with Crippen molar-refractivity contribution in [2.24, 2.45) is 0 Å². The Morgan fingerprint density at radius 2 is 2.18 bits per heavy atom. The van der Waals surface area contributed by atoms with E-state index >= 15 is 0 Å². The Balaban J connectivity index is 1.87. The maximum Gasteiger partial charge on any atom is 0.226 e. The van der Waals surface area contributed by atoms with Gasteiger partial charge in [-0.15, -0.1) is 0 Å². The lowest BCUT2D eigenvalue weighted by atomic mass is 10.2. The van der Waals surface area contributed by atoms with Crippen LogP contribution in [0, 0.1) is 5.95 Å². The van der Waals surface area contributed by atoms with Gasteiger partial charge in [0, 0.05) is 18.0 Å². The van der Waals surface area contributed by atoms with Crippen LogP contribution in [0.4, 0.5) is 15.9 Å². The summed E-state index contributed by atoms with van der Waals surface area (Å²) in [5, 5.41) is 6.09. The first-order chi connectivity index (χ1) is 10.6. The van der Waals surface area contributed by atoms with Gasteiger partial charge in [-0.05, 0) is 30.3 Å². The lowest BCUT2D eigenvalue weighted by Crippen LogP contribution is -2.17. The molecule has 22 heavy (non-hydrogen) atoms. The van der Waals surface area contributed by atoms with Crippen molar-refractivity contribution in [2.75, 3.05) is 24.3 Å². The monoisotopic (exact) mass is 323 g/mol. The molecule has 2 aromatic rings. The van der Waals surface area contributed by atoms with Crippen molar-refractivity contribution in [3.8, 4) is 5.75 Å². The summed E-state index contributed by atoms with van der Waals surface area (Å²) in [5.74, 6) is 0.119. The van der Waals surface area contributed by atoms with Gasteiger partial charge in [0.1, 0.15) is 11.6 Å². The number of rotatable bonds is 6. The van der Waals surface area contributed by atoms with E-state index in [1.807, 2.05) is 0 Å². The Morgan fingerprint density at radius 1 is 1.36 bits per heavy atom. The molecule has 0 aliphatic carbocycles. The molecule has 0 fully saturated rings. The Labute approximate surface area is 132 Å².